The van der Waals surface area contributed by atoms with Crippen LogP contribution in [0.4, 0.5) is 0 Å². The maximum atomic E-state index is 11.5. The summed E-state index contributed by atoms with van der Waals surface area (Å²) in [5.41, 5.74) is 5.56. The maximum absolute atomic E-state index is 11.5. The van der Waals surface area contributed by atoms with E-state index < -0.39 is 6.04 Å². The van der Waals surface area contributed by atoms with E-state index in [0.717, 1.165) is 26.2 Å². The molecule has 0 bridgehead atoms. The summed E-state index contributed by atoms with van der Waals surface area (Å²) < 4.78 is 0. The Labute approximate surface area is 77.9 Å². The Morgan fingerprint density at radius 3 is 2.67 bits per heavy atom. The molecule has 5 heteroatoms. The zero-order valence-electron chi connectivity index (χ0n) is 6.99. The van der Waals surface area contributed by atoms with E-state index in [9.17, 15) is 4.79 Å². The number of nitrogens with two attached hydrogens (primary N) is 1. The molecular weight excluding hydrogens is 174 g/mol. The molecule has 1 atom stereocenters. The molecule has 4 nitrogen and oxygen atoms in total. The second-order valence-electron chi connectivity index (χ2n) is 2.86. The topological polar surface area (TPSA) is 58.4 Å². The van der Waals surface area contributed by atoms with Crippen LogP contribution in [0.2, 0.25) is 0 Å². The van der Waals surface area contributed by atoms with E-state index in [0.29, 0.717) is 5.75 Å². The zero-order chi connectivity index (χ0) is 8.97. The minimum atomic E-state index is -0.438. The average Bonchev–Trinajstić information content (AvgIpc) is 2.17. The standard InChI is InChI=1S/C7H15N3OS/c8-6(5-12)7(11)10-3-1-9-2-4-10/h6,9,12H,1-5,8H2. The summed E-state index contributed by atoms with van der Waals surface area (Å²) in [7, 11) is 0. The van der Waals surface area contributed by atoms with E-state index >= 15 is 0 Å². The lowest BCUT2D eigenvalue weighted by Gasteiger charge is -2.29. The molecule has 0 saturated carbocycles. The lowest BCUT2D eigenvalue weighted by atomic mass is 10.2. The maximum Gasteiger partial charge on any atom is 0.240 e. The van der Waals surface area contributed by atoms with Crippen LogP contribution >= 0.6 is 12.6 Å². The first kappa shape index (κ1) is 9.83. The van der Waals surface area contributed by atoms with Gasteiger partial charge in [0.05, 0.1) is 6.04 Å². The van der Waals surface area contributed by atoms with Crippen molar-refractivity contribution < 1.29 is 4.79 Å². The van der Waals surface area contributed by atoms with Gasteiger partial charge in [0.1, 0.15) is 0 Å². The van der Waals surface area contributed by atoms with Crippen LogP contribution in [0.5, 0.6) is 0 Å². The van der Waals surface area contributed by atoms with Crippen molar-refractivity contribution in [3.63, 3.8) is 0 Å². The van der Waals surface area contributed by atoms with Crippen LogP contribution in [0.15, 0.2) is 0 Å². The number of hydrogen-bond donors (Lipinski definition) is 3. The van der Waals surface area contributed by atoms with Gasteiger partial charge in [-0.25, -0.2) is 0 Å². The predicted octanol–water partition coefficient (Wildman–Crippen LogP) is -1.32. The smallest absolute Gasteiger partial charge is 0.240 e. The molecule has 70 valence electrons. The van der Waals surface area contributed by atoms with Crippen LogP contribution in [0.25, 0.3) is 0 Å². The van der Waals surface area contributed by atoms with Gasteiger partial charge < -0.3 is 16.0 Å². The third kappa shape index (κ3) is 2.36. The molecule has 12 heavy (non-hydrogen) atoms. The molecule has 1 heterocycles. The summed E-state index contributed by atoms with van der Waals surface area (Å²) in [6.45, 7) is 3.26. The van der Waals surface area contributed by atoms with Crippen molar-refractivity contribution in [3.8, 4) is 0 Å². The summed E-state index contributed by atoms with van der Waals surface area (Å²) >= 11 is 3.99. The highest BCUT2D eigenvalue weighted by atomic mass is 32.1. The Hall–Kier alpha value is -0.260. The van der Waals surface area contributed by atoms with Crippen molar-refractivity contribution in [2.75, 3.05) is 31.9 Å². The van der Waals surface area contributed by atoms with Gasteiger partial charge in [-0.15, -0.1) is 0 Å². The minimum Gasteiger partial charge on any atom is -0.339 e. The normalized spacial score (nSPS) is 20.7. The quantitative estimate of drug-likeness (QED) is 0.472. The molecule has 3 N–H and O–H groups in total. The third-order valence-electron chi connectivity index (χ3n) is 1.94. The number of carbonyl (C=O) groups is 1. The van der Waals surface area contributed by atoms with Gasteiger partial charge in [0.15, 0.2) is 0 Å². The third-order valence-corrected chi connectivity index (χ3v) is 2.34. The molecule has 0 aromatic heterocycles. The summed E-state index contributed by atoms with van der Waals surface area (Å²) in [4.78, 5) is 13.2. The summed E-state index contributed by atoms with van der Waals surface area (Å²) in [5, 5.41) is 3.17. The molecule has 0 aromatic carbocycles. The number of amides is 1. The van der Waals surface area contributed by atoms with Gasteiger partial charge in [-0.2, -0.15) is 12.6 Å². The van der Waals surface area contributed by atoms with Crippen molar-refractivity contribution in [2.24, 2.45) is 5.73 Å². The molecule has 1 aliphatic heterocycles. The molecule has 1 unspecified atom stereocenters. The number of nitrogens with one attached hydrogen (secondary N) is 1. The Bertz CT molecular complexity index is 159. The van der Waals surface area contributed by atoms with Gasteiger partial charge in [0.25, 0.3) is 0 Å². The number of thiol groups is 1. The van der Waals surface area contributed by atoms with E-state index in [1.807, 2.05) is 0 Å². The van der Waals surface area contributed by atoms with Crippen molar-refractivity contribution in [2.45, 2.75) is 6.04 Å². The minimum absolute atomic E-state index is 0.0199. The SMILES string of the molecule is NC(CS)C(=O)N1CCNCC1. The number of piperazine rings is 1. The molecule has 1 saturated heterocycles. The predicted molar refractivity (Wildman–Crippen MR) is 51.3 cm³/mol. The van der Waals surface area contributed by atoms with Crippen molar-refractivity contribution in [1.82, 2.24) is 10.2 Å². The fourth-order valence-electron chi connectivity index (χ4n) is 1.20. The van der Waals surface area contributed by atoms with Crippen molar-refractivity contribution >= 4 is 18.5 Å². The second-order valence-corrected chi connectivity index (χ2v) is 3.23. The van der Waals surface area contributed by atoms with Crippen LogP contribution in [0, 0.1) is 0 Å². The van der Waals surface area contributed by atoms with E-state index in [1.165, 1.54) is 0 Å². The fraction of sp³-hybridized carbons (Fsp3) is 0.857. The highest BCUT2D eigenvalue weighted by Crippen LogP contribution is 1.97. The highest BCUT2D eigenvalue weighted by molar-refractivity contribution is 7.80. The van der Waals surface area contributed by atoms with E-state index in [-0.39, 0.29) is 5.91 Å². The Kier molecular flexibility index (Phi) is 3.84. The van der Waals surface area contributed by atoms with Crippen LogP contribution in [0.3, 0.4) is 0 Å². The van der Waals surface area contributed by atoms with Gasteiger partial charge in [-0.1, -0.05) is 0 Å². The van der Waals surface area contributed by atoms with E-state index in [4.69, 9.17) is 5.73 Å². The molecule has 1 fully saturated rings. The van der Waals surface area contributed by atoms with Crippen LogP contribution in [-0.2, 0) is 4.79 Å². The van der Waals surface area contributed by atoms with Gasteiger partial charge in [-0.3, -0.25) is 4.79 Å². The lowest BCUT2D eigenvalue weighted by molar-refractivity contribution is -0.132. The lowest BCUT2D eigenvalue weighted by Crippen LogP contribution is -2.52. The first-order chi connectivity index (χ1) is 5.75. The molecule has 0 radical (unpaired) electrons. The first-order valence-corrected chi connectivity index (χ1v) is 4.75. The Morgan fingerprint density at radius 2 is 2.17 bits per heavy atom. The largest absolute Gasteiger partial charge is 0.339 e. The van der Waals surface area contributed by atoms with Crippen molar-refractivity contribution in [1.29, 1.82) is 0 Å². The molecule has 1 amide bonds. The zero-order valence-corrected chi connectivity index (χ0v) is 7.89. The molecule has 0 aromatic rings. The van der Waals surface area contributed by atoms with Gasteiger partial charge in [0, 0.05) is 31.9 Å². The average molecular weight is 189 g/mol. The molecule has 0 aliphatic carbocycles. The molecular formula is C7H15N3OS. The Morgan fingerprint density at radius 1 is 1.58 bits per heavy atom. The highest BCUT2D eigenvalue weighted by Gasteiger charge is 2.20. The molecule has 1 aliphatic rings. The second kappa shape index (κ2) is 4.69. The van der Waals surface area contributed by atoms with Gasteiger partial charge in [-0.05, 0) is 0 Å². The molecule has 0 spiro atoms. The van der Waals surface area contributed by atoms with Gasteiger partial charge in [0.2, 0.25) is 5.91 Å². The number of rotatable bonds is 2. The van der Waals surface area contributed by atoms with Gasteiger partial charge >= 0.3 is 0 Å². The van der Waals surface area contributed by atoms with E-state index in [1.54, 1.807) is 4.90 Å². The summed E-state index contributed by atoms with van der Waals surface area (Å²) in [5.74, 6) is 0.439. The number of nitrogens with zero attached hydrogens (tertiary/aromatic N) is 1. The summed E-state index contributed by atoms with van der Waals surface area (Å²) in [6.07, 6.45) is 0. The number of hydrogen-bond acceptors (Lipinski definition) is 4. The van der Waals surface area contributed by atoms with Crippen LogP contribution in [-0.4, -0.2) is 48.8 Å². The first-order valence-electron chi connectivity index (χ1n) is 4.11. The molecule has 1 rings (SSSR count). The summed E-state index contributed by atoms with van der Waals surface area (Å²) in [6, 6.07) is -0.438. The van der Waals surface area contributed by atoms with Crippen molar-refractivity contribution in [3.05, 3.63) is 0 Å². The van der Waals surface area contributed by atoms with E-state index in [2.05, 4.69) is 17.9 Å². The fourth-order valence-corrected chi connectivity index (χ4v) is 1.35. The van der Waals surface area contributed by atoms with Crippen LogP contribution < -0.4 is 11.1 Å². The monoisotopic (exact) mass is 189 g/mol. The number of carbonyl (C=O) groups excluding carboxylic acids is 1. The van der Waals surface area contributed by atoms with Crippen LogP contribution in [0.1, 0.15) is 0 Å². The Balaban J connectivity index is 2.39.